The summed E-state index contributed by atoms with van der Waals surface area (Å²) in [5.41, 5.74) is 2.67. The molecular weight excluding hydrogens is 395 g/mol. The highest BCUT2D eigenvalue weighted by Gasteiger charge is 2.32. The van der Waals surface area contributed by atoms with Crippen LogP contribution in [0.25, 0.3) is 6.08 Å². The first-order valence-corrected chi connectivity index (χ1v) is 8.95. The van der Waals surface area contributed by atoms with Gasteiger partial charge in [-0.2, -0.15) is 0 Å². The van der Waals surface area contributed by atoms with E-state index in [0.29, 0.717) is 21.4 Å². The Kier molecular flexibility index (Phi) is 4.43. The van der Waals surface area contributed by atoms with Crippen molar-refractivity contribution in [3.05, 3.63) is 105 Å². The SMILES string of the molecule is O=C1/C(=C/c2ccc(F)c(Br)c2)[C@H](c2ccccc2)Oc2ccccc21. The minimum absolute atomic E-state index is 0.0823. The molecule has 0 fully saturated rings. The number of carbonyl (C=O) groups is 1. The first-order chi connectivity index (χ1) is 12.6. The molecule has 1 aliphatic rings. The summed E-state index contributed by atoms with van der Waals surface area (Å²) in [5, 5.41) is 0. The van der Waals surface area contributed by atoms with Crippen molar-refractivity contribution in [2.24, 2.45) is 0 Å². The number of ketones is 1. The van der Waals surface area contributed by atoms with Gasteiger partial charge in [0.2, 0.25) is 0 Å². The van der Waals surface area contributed by atoms with Crippen LogP contribution in [-0.4, -0.2) is 5.78 Å². The number of fused-ring (bicyclic) bond motifs is 1. The van der Waals surface area contributed by atoms with E-state index < -0.39 is 6.10 Å². The first-order valence-electron chi connectivity index (χ1n) is 8.15. The largest absolute Gasteiger partial charge is 0.480 e. The van der Waals surface area contributed by atoms with Gasteiger partial charge in [0.1, 0.15) is 11.6 Å². The molecule has 0 spiro atoms. The maximum Gasteiger partial charge on any atom is 0.196 e. The lowest BCUT2D eigenvalue weighted by atomic mass is 9.89. The third kappa shape index (κ3) is 3.08. The number of halogens is 2. The van der Waals surface area contributed by atoms with E-state index in [1.807, 2.05) is 42.5 Å². The lowest BCUT2D eigenvalue weighted by molar-refractivity contribution is 0.0963. The smallest absolute Gasteiger partial charge is 0.196 e. The van der Waals surface area contributed by atoms with Crippen molar-refractivity contribution in [1.29, 1.82) is 0 Å². The summed E-state index contributed by atoms with van der Waals surface area (Å²) in [4.78, 5) is 13.1. The van der Waals surface area contributed by atoms with Gasteiger partial charge in [-0.25, -0.2) is 4.39 Å². The van der Waals surface area contributed by atoms with E-state index in [1.165, 1.54) is 6.07 Å². The summed E-state index contributed by atoms with van der Waals surface area (Å²) in [6, 6.07) is 21.5. The molecule has 0 aromatic heterocycles. The fourth-order valence-electron chi connectivity index (χ4n) is 3.02. The average Bonchev–Trinajstić information content (AvgIpc) is 2.67. The van der Waals surface area contributed by atoms with Crippen LogP contribution in [0.3, 0.4) is 0 Å². The predicted molar refractivity (Wildman–Crippen MR) is 103 cm³/mol. The Labute approximate surface area is 159 Å². The van der Waals surface area contributed by atoms with Crippen molar-refractivity contribution < 1.29 is 13.9 Å². The van der Waals surface area contributed by atoms with Crippen LogP contribution < -0.4 is 4.74 Å². The molecule has 0 saturated carbocycles. The molecule has 26 heavy (non-hydrogen) atoms. The molecule has 0 N–H and O–H groups in total. The Morgan fingerprint density at radius 1 is 0.962 bits per heavy atom. The van der Waals surface area contributed by atoms with Gasteiger partial charge >= 0.3 is 0 Å². The highest BCUT2D eigenvalue weighted by atomic mass is 79.9. The van der Waals surface area contributed by atoms with Gasteiger partial charge in [0.25, 0.3) is 0 Å². The minimum Gasteiger partial charge on any atom is -0.480 e. The van der Waals surface area contributed by atoms with E-state index in [9.17, 15) is 9.18 Å². The number of hydrogen-bond acceptors (Lipinski definition) is 2. The summed E-state index contributed by atoms with van der Waals surface area (Å²) in [6.07, 6.45) is 1.25. The lowest BCUT2D eigenvalue weighted by Gasteiger charge is -2.28. The summed E-state index contributed by atoms with van der Waals surface area (Å²) in [5.74, 6) is 0.147. The van der Waals surface area contributed by atoms with Crippen LogP contribution in [0.2, 0.25) is 0 Å². The molecule has 0 aliphatic carbocycles. The molecule has 0 amide bonds. The van der Waals surface area contributed by atoms with Gasteiger partial charge in [0, 0.05) is 5.57 Å². The number of rotatable bonds is 2. The topological polar surface area (TPSA) is 26.3 Å². The number of carbonyl (C=O) groups excluding carboxylic acids is 1. The maximum atomic E-state index is 13.5. The Morgan fingerprint density at radius 2 is 1.69 bits per heavy atom. The van der Waals surface area contributed by atoms with Crippen molar-refractivity contribution in [2.75, 3.05) is 0 Å². The van der Waals surface area contributed by atoms with Crippen LogP contribution in [0.5, 0.6) is 5.75 Å². The maximum absolute atomic E-state index is 13.5. The van der Waals surface area contributed by atoms with Crippen molar-refractivity contribution in [1.82, 2.24) is 0 Å². The van der Waals surface area contributed by atoms with E-state index in [-0.39, 0.29) is 11.6 Å². The van der Waals surface area contributed by atoms with E-state index in [1.54, 1.807) is 30.3 Å². The molecule has 0 unspecified atom stereocenters. The predicted octanol–water partition coefficient (Wildman–Crippen LogP) is 5.99. The molecule has 1 aliphatic heterocycles. The standard InChI is InChI=1S/C22H14BrFO2/c23-18-13-14(10-11-19(18)24)12-17-21(25)16-8-4-5-9-20(16)26-22(17)15-6-2-1-3-7-15/h1-13,22H/b17-12-/t22-/m0/s1. The normalized spacial score (nSPS) is 17.7. The van der Waals surface area contributed by atoms with E-state index >= 15 is 0 Å². The third-order valence-corrected chi connectivity index (χ3v) is 4.90. The van der Waals surface area contributed by atoms with E-state index in [2.05, 4.69) is 15.9 Å². The van der Waals surface area contributed by atoms with Gasteiger partial charge in [-0.1, -0.05) is 48.5 Å². The molecular formula is C22H14BrFO2. The molecule has 4 rings (SSSR count). The fourth-order valence-corrected chi connectivity index (χ4v) is 3.42. The second-order valence-electron chi connectivity index (χ2n) is 6.01. The van der Waals surface area contributed by atoms with Gasteiger partial charge < -0.3 is 4.74 Å². The number of ether oxygens (including phenoxy) is 1. The van der Waals surface area contributed by atoms with Crippen molar-refractivity contribution >= 4 is 27.8 Å². The molecule has 0 bridgehead atoms. The molecule has 2 nitrogen and oxygen atoms in total. The summed E-state index contributed by atoms with van der Waals surface area (Å²) >= 11 is 3.19. The van der Waals surface area contributed by atoms with Crippen LogP contribution >= 0.6 is 15.9 Å². The Balaban J connectivity index is 1.86. The van der Waals surface area contributed by atoms with Crippen LogP contribution in [0.15, 0.2) is 82.8 Å². The zero-order valence-electron chi connectivity index (χ0n) is 13.7. The Bertz CT molecular complexity index is 1010. The lowest BCUT2D eigenvalue weighted by Crippen LogP contribution is -2.23. The quantitative estimate of drug-likeness (QED) is 0.486. The second-order valence-corrected chi connectivity index (χ2v) is 6.86. The Morgan fingerprint density at radius 3 is 2.46 bits per heavy atom. The molecule has 1 atom stereocenters. The van der Waals surface area contributed by atoms with Crippen LogP contribution in [0, 0.1) is 5.82 Å². The van der Waals surface area contributed by atoms with E-state index in [4.69, 9.17) is 4.74 Å². The molecule has 1 heterocycles. The molecule has 3 aromatic carbocycles. The monoisotopic (exact) mass is 408 g/mol. The summed E-state index contributed by atoms with van der Waals surface area (Å²) in [7, 11) is 0. The summed E-state index contributed by atoms with van der Waals surface area (Å²) < 4.78 is 20.0. The second kappa shape index (κ2) is 6.89. The van der Waals surface area contributed by atoms with Gasteiger partial charge in [-0.05, 0) is 57.4 Å². The molecule has 0 radical (unpaired) electrons. The molecule has 3 aromatic rings. The van der Waals surface area contributed by atoms with Gasteiger partial charge in [-0.3, -0.25) is 4.79 Å². The number of para-hydroxylation sites is 1. The van der Waals surface area contributed by atoms with Crippen LogP contribution in [0.4, 0.5) is 4.39 Å². The zero-order chi connectivity index (χ0) is 18.1. The van der Waals surface area contributed by atoms with Crippen LogP contribution in [0.1, 0.15) is 27.6 Å². The molecule has 0 saturated heterocycles. The van der Waals surface area contributed by atoms with E-state index in [0.717, 1.165) is 11.1 Å². The van der Waals surface area contributed by atoms with Crippen molar-refractivity contribution in [2.45, 2.75) is 6.10 Å². The van der Waals surface area contributed by atoms with Gasteiger partial charge in [0.15, 0.2) is 11.9 Å². The van der Waals surface area contributed by atoms with Crippen molar-refractivity contribution in [3.8, 4) is 5.75 Å². The minimum atomic E-state index is -0.512. The first kappa shape index (κ1) is 16.7. The van der Waals surface area contributed by atoms with Crippen molar-refractivity contribution in [3.63, 3.8) is 0 Å². The summed E-state index contributed by atoms with van der Waals surface area (Å²) in [6.45, 7) is 0. The number of Topliss-reactive ketones (excluding diaryl/α,β-unsaturated/α-hetero) is 1. The average molecular weight is 409 g/mol. The highest BCUT2D eigenvalue weighted by molar-refractivity contribution is 9.10. The zero-order valence-corrected chi connectivity index (χ0v) is 15.2. The number of benzene rings is 3. The fraction of sp³-hybridized carbons (Fsp3) is 0.0455. The van der Waals surface area contributed by atoms with Crippen LogP contribution in [-0.2, 0) is 0 Å². The third-order valence-electron chi connectivity index (χ3n) is 4.29. The molecule has 128 valence electrons. The Hall–Kier alpha value is -2.72. The highest BCUT2D eigenvalue weighted by Crippen LogP contribution is 2.39. The number of hydrogen-bond donors (Lipinski definition) is 0. The van der Waals surface area contributed by atoms with Gasteiger partial charge in [-0.15, -0.1) is 0 Å². The van der Waals surface area contributed by atoms with Gasteiger partial charge in [0.05, 0.1) is 10.0 Å². The molecule has 4 heteroatoms.